The summed E-state index contributed by atoms with van der Waals surface area (Å²) in [7, 11) is 0. The van der Waals surface area contributed by atoms with E-state index in [1.54, 1.807) is 12.1 Å². The monoisotopic (exact) mass is 290 g/mol. The van der Waals surface area contributed by atoms with E-state index in [2.05, 4.69) is 0 Å². The highest BCUT2D eigenvalue weighted by Gasteiger charge is 2.20. The Kier molecular flexibility index (Phi) is 4.69. The molecule has 20 heavy (non-hydrogen) atoms. The third kappa shape index (κ3) is 3.33. The van der Waals surface area contributed by atoms with Crippen LogP contribution in [0, 0.1) is 13.8 Å². The van der Waals surface area contributed by atoms with E-state index in [-0.39, 0.29) is 6.10 Å². The summed E-state index contributed by atoms with van der Waals surface area (Å²) >= 11 is 5.93. The average molecular weight is 291 g/mol. The van der Waals surface area contributed by atoms with E-state index in [4.69, 9.17) is 16.3 Å². The SMILES string of the molecule is Cc1cccc(C(O)C(C)Oc2cccc(Cl)c2)c1C. The van der Waals surface area contributed by atoms with E-state index in [9.17, 15) is 5.11 Å². The maximum absolute atomic E-state index is 10.5. The van der Waals surface area contributed by atoms with Gasteiger partial charge in [-0.1, -0.05) is 35.9 Å². The van der Waals surface area contributed by atoms with Gasteiger partial charge in [-0.3, -0.25) is 0 Å². The smallest absolute Gasteiger partial charge is 0.126 e. The summed E-state index contributed by atoms with van der Waals surface area (Å²) in [4.78, 5) is 0. The van der Waals surface area contributed by atoms with Crippen molar-refractivity contribution in [2.24, 2.45) is 0 Å². The number of aryl methyl sites for hydroxylation is 1. The molecule has 2 rings (SSSR count). The van der Waals surface area contributed by atoms with Gasteiger partial charge in [-0.25, -0.2) is 0 Å². The summed E-state index contributed by atoms with van der Waals surface area (Å²) < 4.78 is 5.77. The zero-order chi connectivity index (χ0) is 14.7. The predicted molar refractivity (Wildman–Crippen MR) is 82.4 cm³/mol. The molecule has 1 N–H and O–H groups in total. The summed E-state index contributed by atoms with van der Waals surface area (Å²) in [6, 6.07) is 13.1. The van der Waals surface area contributed by atoms with E-state index in [0.717, 1.165) is 16.7 Å². The molecule has 0 bridgehead atoms. The third-order valence-electron chi connectivity index (χ3n) is 3.53. The fourth-order valence-electron chi connectivity index (χ4n) is 2.17. The topological polar surface area (TPSA) is 29.5 Å². The molecule has 2 aromatic carbocycles. The van der Waals surface area contributed by atoms with Gasteiger partial charge in [0, 0.05) is 5.02 Å². The maximum atomic E-state index is 10.5. The van der Waals surface area contributed by atoms with Crippen LogP contribution >= 0.6 is 11.6 Å². The Morgan fingerprint density at radius 1 is 1.10 bits per heavy atom. The van der Waals surface area contributed by atoms with E-state index < -0.39 is 6.10 Å². The molecule has 0 saturated carbocycles. The lowest BCUT2D eigenvalue weighted by Gasteiger charge is -2.23. The molecule has 0 radical (unpaired) electrons. The van der Waals surface area contributed by atoms with E-state index >= 15 is 0 Å². The third-order valence-corrected chi connectivity index (χ3v) is 3.76. The number of aliphatic hydroxyl groups is 1. The Hall–Kier alpha value is -1.51. The fourth-order valence-corrected chi connectivity index (χ4v) is 2.35. The van der Waals surface area contributed by atoms with Crippen molar-refractivity contribution >= 4 is 11.6 Å². The van der Waals surface area contributed by atoms with Gasteiger partial charge in [0.1, 0.15) is 18.0 Å². The van der Waals surface area contributed by atoms with Crippen LogP contribution in [0.4, 0.5) is 0 Å². The first-order valence-corrected chi connectivity index (χ1v) is 7.03. The van der Waals surface area contributed by atoms with Crippen LogP contribution in [0.25, 0.3) is 0 Å². The zero-order valence-corrected chi connectivity index (χ0v) is 12.7. The van der Waals surface area contributed by atoms with Crippen molar-refractivity contribution in [1.29, 1.82) is 0 Å². The Morgan fingerprint density at radius 3 is 2.50 bits per heavy atom. The molecular weight excluding hydrogens is 272 g/mol. The highest BCUT2D eigenvalue weighted by Crippen LogP contribution is 2.26. The molecule has 0 saturated heterocycles. The Labute approximate surface area is 125 Å². The summed E-state index contributed by atoms with van der Waals surface area (Å²) in [5.74, 6) is 0.661. The summed E-state index contributed by atoms with van der Waals surface area (Å²) in [6.07, 6.45) is -1.03. The number of halogens is 1. The highest BCUT2D eigenvalue weighted by atomic mass is 35.5. The first-order valence-electron chi connectivity index (χ1n) is 6.65. The van der Waals surface area contributed by atoms with Gasteiger partial charge in [0.15, 0.2) is 0 Å². The maximum Gasteiger partial charge on any atom is 0.126 e. The molecule has 2 atom stereocenters. The minimum atomic E-state index is -0.672. The number of hydrogen-bond donors (Lipinski definition) is 1. The molecule has 0 aliphatic heterocycles. The molecule has 2 aromatic rings. The number of aliphatic hydroxyl groups excluding tert-OH is 1. The molecule has 2 nitrogen and oxygen atoms in total. The lowest BCUT2D eigenvalue weighted by Crippen LogP contribution is -2.22. The lowest BCUT2D eigenvalue weighted by molar-refractivity contribution is 0.0463. The van der Waals surface area contributed by atoms with Gasteiger partial charge in [-0.05, 0) is 55.7 Å². The predicted octanol–water partition coefficient (Wildman–Crippen LogP) is 4.46. The number of hydrogen-bond acceptors (Lipinski definition) is 2. The van der Waals surface area contributed by atoms with Gasteiger partial charge in [-0.2, -0.15) is 0 Å². The Bertz CT molecular complexity index is 595. The van der Waals surface area contributed by atoms with E-state index in [1.165, 1.54) is 0 Å². The quantitative estimate of drug-likeness (QED) is 0.901. The number of ether oxygens (including phenoxy) is 1. The molecule has 0 aliphatic carbocycles. The van der Waals surface area contributed by atoms with Crippen LogP contribution < -0.4 is 4.74 Å². The van der Waals surface area contributed by atoms with Gasteiger partial charge < -0.3 is 9.84 Å². The molecule has 0 heterocycles. The van der Waals surface area contributed by atoms with Crippen molar-refractivity contribution < 1.29 is 9.84 Å². The first-order chi connectivity index (χ1) is 9.49. The molecule has 0 spiro atoms. The summed E-state index contributed by atoms with van der Waals surface area (Å²) in [6.45, 7) is 5.90. The highest BCUT2D eigenvalue weighted by molar-refractivity contribution is 6.30. The standard InChI is InChI=1S/C17H19ClO2/c1-11-6-4-9-16(12(11)2)17(19)13(3)20-15-8-5-7-14(18)10-15/h4-10,13,17,19H,1-3H3. The largest absolute Gasteiger partial charge is 0.488 e. The Balaban J connectivity index is 2.16. The van der Waals surface area contributed by atoms with Crippen molar-refractivity contribution in [2.75, 3.05) is 0 Å². The molecule has 0 aliphatic rings. The van der Waals surface area contributed by atoms with Crippen molar-refractivity contribution in [3.8, 4) is 5.75 Å². The Morgan fingerprint density at radius 2 is 1.80 bits per heavy atom. The van der Waals surface area contributed by atoms with Gasteiger partial charge in [0.2, 0.25) is 0 Å². The normalized spacial score (nSPS) is 13.8. The minimum absolute atomic E-state index is 0.353. The number of benzene rings is 2. The van der Waals surface area contributed by atoms with Crippen LogP contribution in [0.15, 0.2) is 42.5 Å². The van der Waals surface area contributed by atoms with Crippen molar-refractivity contribution in [1.82, 2.24) is 0 Å². The van der Waals surface area contributed by atoms with Crippen LogP contribution in [-0.4, -0.2) is 11.2 Å². The first kappa shape index (κ1) is 14.9. The van der Waals surface area contributed by atoms with Crippen LogP contribution in [-0.2, 0) is 0 Å². The second-order valence-corrected chi connectivity index (χ2v) is 5.45. The second kappa shape index (κ2) is 6.29. The second-order valence-electron chi connectivity index (χ2n) is 5.01. The molecule has 2 unspecified atom stereocenters. The number of rotatable bonds is 4. The average Bonchev–Trinajstić information content (AvgIpc) is 2.41. The van der Waals surface area contributed by atoms with Crippen LogP contribution in [0.1, 0.15) is 29.7 Å². The summed E-state index contributed by atoms with van der Waals surface area (Å²) in [5, 5.41) is 11.1. The molecule has 0 amide bonds. The van der Waals surface area contributed by atoms with E-state index in [1.807, 2.05) is 51.1 Å². The summed E-state index contributed by atoms with van der Waals surface area (Å²) in [5.41, 5.74) is 3.16. The van der Waals surface area contributed by atoms with Gasteiger partial charge in [0.05, 0.1) is 0 Å². The fraction of sp³-hybridized carbons (Fsp3) is 0.294. The van der Waals surface area contributed by atoms with E-state index in [0.29, 0.717) is 10.8 Å². The van der Waals surface area contributed by atoms with Gasteiger partial charge >= 0.3 is 0 Å². The van der Waals surface area contributed by atoms with Crippen LogP contribution in [0.3, 0.4) is 0 Å². The lowest BCUT2D eigenvalue weighted by atomic mass is 9.97. The molecule has 3 heteroatoms. The molecule has 0 fully saturated rings. The van der Waals surface area contributed by atoms with Crippen molar-refractivity contribution in [3.05, 3.63) is 64.2 Å². The molecule has 106 valence electrons. The van der Waals surface area contributed by atoms with Crippen molar-refractivity contribution in [2.45, 2.75) is 33.0 Å². The minimum Gasteiger partial charge on any atom is -0.488 e. The van der Waals surface area contributed by atoms with Crippen molar-refractivity contribution in [3.63, 3.8) is 0 Å². The zero-order valence-electron chi connectivity index (χ0n) is 11.9. The molecular formula is C17H19ClO2. The van der Waals surface area contributed by atoms with Gasteiger partial charge in [0.25, 0.3) is 0 Å². The van der Waals surface area contributed by atoms with Gasteiger partial charge in [-0.15, -0.1) is 0 Å². The molecule has 0 aromatic heterocycles. The van der Waals surface area contributed by atoms with Crippen LogP contribution in [0.2, 0.25) is 5.02 Å². The van der Waals surface area contributed by atoms with Crippen LogP contribution in [0.5, 0.6) is 5.75 Å².